The molecule has 1 aliphatic rings. The summed E-state index contributed by atoms with van der Waals surface area (Å²) in [6.45, 7) is 7.23. The molecule has 0 radical (unpaired) electrons. The van der Waals surface area contributed by atoms with Crippen molar-refractivity contribution < 1.29 is 9.47 Å². The molecule has 6 heteroatoms. The Labute approximate surface area is 174 Å². The SMILES string of the molecule is CCc1cc(N2CCC[C@@H](N(C)CCc3ccc(OC)c(OC)c3)C2)nc(C)n1. The molecule has 0 unspecified atom stereocenters. The van der Waals surface area contributed by atoms with Crippen molar-refractivity contribution in [1.82, 2.24) is 14.9 Å². The van der Waals surface area contributed by atoms with Gasteiger partial charge in [-0.3, -0.25) is 0 Å². The number of methoxy groups -OCH3 is 2. The van der Waals surface area contributed by atoms with Crippen LogP contribution in [0.1, 0.15) is 36.8 Å². The van der Waals surface area contributed by atoms with E-state index in [0.717, 1.165) is 61.3 Å². The third kappa shape index (κ3) is 5.38. The van der Waals surface area contributed by atoms with Crippen LogP contribution in [0.2, 0.25) is 0 Å². The second-order valence-corrected chi connectivity index (χ2v) is 7.78. The summed E-state index contributed by atoms with van der Waals surface area (Å²) in [5, 5.41) is 0. The van der Waals surface area contributed by atoms with Crippen molar-refractivity contribution in [3.8, 4) is 11.5 Å². The Bertz CT molecular complexity index is 811. The van der Waals surface area contributed by atoms with Gasteiger partial charge in [0, 0.05) is 37.4 Å². The van der Waals surface area contributed by atoms with Crippen molar-refractivity contribution in [2.24, 2.45) is 0 Å². The third-order valence-corrected chi connectivity index (χ3v) is 5.78. The smallest absolute Gasteiger partial charge is 0.160 e. The quantitative estimate of drug-likeness (QED) is 0.678. The largest absolute Gasteiger partial charge is 0.493 e. The van der Waals surface area contributed by atoms with Gasteiger partial charge < -0.3 is 19.3 Å². The van der Waals surface area contributed by atoms with Gasteiger partial charge in [-0.2, -0.15) is 0 Å². The van der Waals surface area contributed by atoms with Crippen molar-refractivity contribution in [3.05, 3.63) is 41.3 Å². The topological polar surface area (TPSA) is 50.7 Å². The highest BCUT2D eigenvalue weighted by Crippen LogP contribution is 2.28. The molecule has 1 aromatic carbocycles. The normalized spacial score (nSPS) is 16.9. The lowest BCUT2D eigenvalue weighted by Crippen LogP contribution is -2.47. The fourth-order valence-corrected chi connectivity index (χ4v) is 4.00. The molecular weight excluding hydrogens is 364 g/mol. The number of likely N-dealkylation sites (N-methyl/N-ethyl adjacent to an activating group) is 1. The molecular formula is C23H34N4O2. The number of hydrogen-bond acceptors (Lipinski definition) is 6. The number of ether oxygens (including phenoxy) is 2. The highest BCUT2D eigenvalue weighted by Gasteiger charge is 2.24. The number of hydrogen-bond donors (Lipinski definition) is 0. The van der Waals surface area contributed by atoms with Gasteiger partial charge in [0.25, 0.3) is 0 Å². The van der Waals surface area contributed by atoms with Gasteiger partial charge in [0.1, 0.15) is 11.6 Å². The number of benzene rings is 1. The van der Waals surface area contributed by atoms with Crippen LogP contribution in [0.15, 0.2) is 24.3 Å². The van der Waals surface area contributed by atoms with Crippen molar-refractivity contribution in [1.29, 1.82) is 0 Å². The molecule has 2 aromatic rings. The van der Waals surface area contributed by atoms with E-state index in [1.807, 2.05) is 13.0 Å². The lowest BCUT2D eigenvalue weighted by Gasteiger charge is -2.38. The van der Waals surface area contributed by atoms with Crippen LogP contribution in [0.25, 0.3) is 0 Å². The Morgan fingerprint density at radius 1 is 1.14 bits per heavy atom. The summed E-state index contributed by atoms with van der Waals surface area (Å²) in [5.41, 5.74) is 2.39. The zero-order valence-corrected chi connectivity index (χ0v) is 18.4. The monoisotopic (exact) mass is 398 g/mol. The van der Waals surface area contributed by atoms with Gasteiger partial charge in [0.15, 0.2) is 11.5 Å². The van der Waals surface area contributed by atoms with E-state index in [0.29, 0.717) is 6.04 Å². The Kier molecular flexibility index (Phi) is 7.31. The first-order valence-electron chi connectivity index (χ1n) is 10.5. The average molecular weight is 399 g/mol. The molecule has 0 aliphatic carbocycles. The summed E-state index contributed by atoms with van der Waals surface area (Å²) in [7, 11) is 5.59. The van der Waals surface area contributed by atoms with Gasteiger partial charge >= 0.3 is 0 Å². The highest BCUT2D eigenvalue weighted by molar-refractivity contribution is 5.43. The van der Waals surface area contributed by atoms with E-state index < -0.39 is 0 Å². The number of aryl methyl sites for hydroxylation is 2. The third-order valence-electron chi connectivity index (χ3n) is 5.78. The molecule has 1 atom stereocenters. The molecule has 1 saturated heterocycles. The summed E-state index contributed by atoms with van der Waals surface area (Å²) in [6, 6.07) is 8.87. The Hall–Kier alpha value is -2.34. The second kappa shape index (κ2) is 9.92. The van der Waals surface area contributed by atoms with Crippen molar-refractivity contribution in [3.63, 3.8) is 0 Å². The summed E-state index contributed by atoms with van der Waals surface area (Å²) in [4.78, 5) is 14.1. The Balaban J connectivity index is 1.61. The first-order valence-corrected chi connectivity index (χ1v) is 10.5. The number of nitrogens with zero attached hydrogens (tertiary/aromatic N) is 4. The van der Waals surface area contributed by atoms with E-state index in [2.05, 4.69) is 47.0 Å². The molecule has 2 heterocycles. The molecule has 0 saturated carbocycles. The fraction of sp³-hybridized carbons (Fsp3) is 0.565. The van der Waals surface area contributed by atoms with Gasteiger partial charge in [-0.15, -0.1) is 0 Å². The zero-order chi connectivity index (χ0) is 20.8. The van der Waals surface area contributed by atoms with E-state index >= 15 is 0 Å². The Morgan fingerprint density at radius 3 is 2.66 bits per heavy atom. The lowest BCUT2D eigenvalue weighted by molar-refractivity contribution is 0.217. The minimum atomic E-state index is 0.532. The summed E-state index contributed by atoms with van der Waals surface area (Å²) in [6.07, 6.45) is 4.35. The average Bonchev–Trinajstić information content (AvgIpc) is 2.76. The number of piperidine rings is 1. The first-order chi connectivity index (χ1) is 14.0. The number of rotatable bonds is 8. The fourth-order valence-electron chi connectivity index (χ4n) is 4.00. The van der Waals surface area contributed by atoms with Crippen LogP contribution < -0.4 is 14.4 Å². The van der Waals surface area contributed by atoms with Crippen LogP contribution in [0, 0.1) is 6.92 Å². The van der Waals surface area contributed by atoms with Crippen LogP contribution in [0.5, 0.6) is 11.5 Å². The molecule has 0 bridgehead atoms. The molecule has 0 amide bonds. The minimum Gasteiger partial charge on any atom is -0.493 e. The maximum atomic E-state index is 5.43. The van der Waals surface area contributed by atoms with E-state index in [9.17, 15) is 0 Å². The lowest BCUT2D eigenvalue weighted by atomic mass is 10.0. The van der Waals surface area contributed by atoms with Crippen LogP contribution in [0.4, 0.5) is 5.82 Å². The maximum absolute atomic E-state index is 5.43. The van der Waals surface area contributed by atoms with Crippen molar-refractivity contribution >= 4 is 5.82 Å². The van der Waals surface area contributed by atoms with Gasteiger partial charge in [0.2, 0.25) is 0 Å². The number of anilines is 1. The predicted molar refractivity (Wildman–Crippen MR) is 117 cm³/mol. The van der Waals surface area contributed by atoms with Gasteiger partial charge in [-0.25, -0.2) is 9.97 Å². The number of aromatic nitrogens is 2. The maximum Gasteiger partial charge on any atom is 0.160 e. The van der Waals surface area contributed by atoms with E-state index in [1.165, 1.54) is 18.4 Å². The van der Waals surface area contributed by atoms with Crippen molar-refractivity contribution in [2.45, 2.75) is 45.6 Å². The van der Waals surface area contributed by atoms with Crippen LogP contribution in [-0.4, -0.2) is 61.8 Å². The minimum absolute atomic E-state index is 0.532. The highest BCUT2D eigenvalue weighted by atomic mass is 16.5. The van der Waals surface area contributed by atoms with Gasteiger partial charge in [-0.05, 0) is 57.4 Å². The van der Waals surface area contributed by atoms with Crippen molar-refractivity contribution in [2.75, 3.05) is 45.8 Å². The van der Waals surface area contributed by atoms with Crippen LogP contribution in [-0.2, 0) is 12.8 Å². The summed E-state index contributed by atoms with van der Waals surface area (Å²) < 4.78 is 10.8. The van der Waals surface area contributed by atoms with E-state index in [-0.39, 0.29) is 0 Å². The molecule has 1 aliphatic heterocycles. The second-order valence-electron chi connectivity index (χ2n) is 7.78. The Morgan fingerprint density at radius 2 is 1.93 bits per heavy atom. The molecule has 158 valence electrons. The molecule has 1 fully saturated rings. The summed E-state index contributed by atoms with van der Waals surface area (Å²) >= 11 is 0. The molecule has 1 aromatic heterocycles. The molecule has 6 nitrogen and oxygen atoms in total. The zero-order valence-electron chi connectivity index (χ0n) is 18.4. The molecule has 0 N–H and O–H groups in total. The van der Waals surface area contributed by atoms with E-state index in [1.54, 1.807) is 14.2 Å². The van der Waals surface area contributed by atoms with Gasteiger partial charge in [0.05, 0.1) is 14.2 Å². The summed E-state index contributed by atoms with van der Waals surface area (Å²) in [5.74, 6) is 3.51. The first kappa shape index (κ1) is 21.4. The molecule has 3 rings (SSSR count). The van der Waals surface area contributed by atoms with Crippen LogP contribution >= 0.6 is 0 Å². The standard InChI is InChI=1S/C23H34N4O2/c1-6-19-15-23(25-17(2)24-19)27-12-7-8-20(16-27)26(3)13-11-18-9-10-21(28-4)22(14-18)29-5/h9-10,14-15,20H,6-8,11-13,16H2,1-5H3/t20-/m1/s1. The van der Waals surface area contributed by atoms with E-state index in [4.69, 9.17) is 14.5 Å². The van der Waals surface area contributed by atoms with Crippen LogP contribution in [0.3, 0.4) is 0 Å². The van der Waals surface area contributed by atoms with Gasteiger partial charge in [-0.1, -0.05) is 13.0 Å². The molecule has 0 spiro atoms. The molecule has 29 heavy (non-hydrogen) atoms. The predicted octanol–water partition coefficient (Wildman–Crippen LogP) is 3.51.